The Labute approximate surface area is 162 Å². The van der Waals surface area contributed by atoms with E-state index in [1.54, 1.807) is 11.3 Å². The molecule has 1 aliphatic rings. The Hall–Kier alpha value is -3.04. The van der Waals surface area contributed by atoms with Crippen LogP contribution in [-0.4, -0.2) is 10.2 Å². The second-order valence-corrected chi connectivity index (χ2v) is 8.12. The lowest BCUT2D eigenvalue weighted by molar-refractivity contribution is 0.379. The molecule has 0 saturated carbocycles. The molecule has 1 aromatic carbocycles. The molecule has 27 heavy (non-hydrogen) atoms. The molecule has 6 heteroatoms. The number of nitrogens with one attached hydrogen (secondary N) is 1. The molecule has 2 aromatic heterocycles. The number of hydrogen-bond donors (Lipinski definition) is 2. The number of rotatable bonds is 3. The number of allylic oxidation sites excluding steroid dienone is 1. The zero-order valence-electron chi connectivity index (χ0n) is 15.5. The topological polar surface area (TPSA) is 87.7 Å². The highest BCUT2D eigenvalue weighted by Gasteiger charge is 2.36. The first-order valence-electron chi connectivity index (χ1n) is 8.85. The Morgan fingerprint density at radius 3 is 2.63 bits per heavy atom. The summed E-state index contributed by atoms with van der Waals surface area (Å²) in [6.07, 6.45) is 0.965. The molecule has 0 aliphatic carbocycles. The molecule has 136 valence electrons. The lowest BCUT2D eigenvalue weighted by Gasteiger charge is -2.24. The van der Waals surface area contributed by atoms with Gasteiger partial charge in [-0.15, -0.1) is 16.4 Å². The third-order valence-corrected chi connectivity index (χ3v) is 5.94. The van der Waals surface area contributed by atoms with Gasteiger partial charge in [-0.3, -0.25) is 5.10 Å². The number of benzene rings is 1. The van der Waals surface area contributed by atoms with E-state index in [4.69, 9.17) is 10.5 Å². The monoisotopic (exact) mass is 376 g/mol. The molecule has 3 aromatic rings. The second-order valence-electron chi connectivity index (χ2n) is 6.66. The van der Waals surface area contributed by atoms with Gasteiger partial charge in [-0.2, -0.15) is 5.26 Å². The Kier molecular flexibility index (Phi) is 4.25. The van der Waals surface area contributed by atoms with Gasteiger partial charge in [0.15, 0.2) is 0 Å². The number of ether oxygens (including phenoxy) is 1. The molecule has 4 rings (SSSR count). The SMILES string of the molecule is CCc1ccc([C@H]2C(C#N)=C(N)Oc3n[nH]c(-c4cc(C)sc4C)c32)cc1. The van der Waals surface area contributed by atoms with Crippen molar-refractivity contribution in [1.82, 2.24) is 10.2 Å². The molecule has 1 atom stereocenters. The number of H-pyrrole nitrogens is 1. The van der Waals surface area contributed by atoms with Crippen LogP contribution in [0.2, 0.25) is 0 Å². The van der Waals surface area contributed by atoms with Crippen molar-refractivity contribution in [3.63, 3.8) is 0 Å². The molecule has 3 N–H and O–H groups in total. The van der Waals surface area contributed by atoms with Crippen LogP contribution in [0.5, 0.6) is 5.88 Å². The van der Waals surface area contributed by atoms with Gasteiger partial charge >= 0.3 is 0 Å². The van der Waals surface area contributed by atoms with Gasteiger partial charge in [-0.1, -0.05) is 31.2 Å². The van der Waals surface area contributed by atoms with Crippen molar-refractivity contribution in [1.29, 1.82) is 5.26 Å². The summed E-state index contributed by atoms with van der Waals surface area (Å²) in [5.41, 5.74) is 11.6. The van der Waals surface area contributed by atoms with Crippen molar-refractivity contribution >= 4 is 11.3 Å². The summed E-state index contributed by atoms with van der Waals surface area (Å²) >= 11 is 1.74. The van der Waals surface area contributed by atoms with Crippen LogP contribution >= 0.6 is 11.3 Å². The number of fused-ring (bicyclic) bond motifs is 1. The zero-order chi connectivity index (χ0) is 19.1. The highest BCUT2D eigenvalue weighted by Crippen LogP contribution is 2.46. The maximum Gasteiger partial charge on any atom is 0.244 e. The Morgan fingerprint density at radius 1 is 1.30 bits per heavy atom. The van der Waals surface area contributed by atoms with Crippen LogP contribution in [0.15, 0.2) is 41.8 Å². The number of thiophene rings is 1. The summed E-state index contributed by atoms with van der Waals surface area (Å²) in [6.45, 7) is 6.29. The van der Waals surface area contributed by atoms with E-state index < -0.39 is 0 Å². The van der Waals surface area contributed by atoms with Gasteiger partial charge in [0, 0.05) is 15.3 Å². The molecule has 0 spiro atoms. The average molecular weight is 376 g/mol. The fourth-order valence-corrected chi connectivity index (χ4v) is 4.54. The minimum absolute atomic E-state index is 0.117. The summed E-state index contributed by atoms with van der Waals surface area (Å²) < 4.78 is 5.68. The van der Waals surface area contributed by atoms with Crippen molar-refractivity contribution in [3.8, 4) is 23.2 Å². The third kappa shape index (κ3) is 2.81. The average Bonchev–Trinajstić information content (AvgIpc) is 3.22. The number of nitriles is 1. The number of nitrogens with two attached hydrogens (primary N) is 1. The van der Waals surface area contributed by atoms with E-state index in [-0.39, 0.29) is 11.8 Å². The first-order chi connectivity index (χ1) is 13.0. The minimum atomic E-state index is -0.307. The van der Waals surface area contributed by atoms with Crippen LogP contribution in [0, 0.1) is 25.2 Å². The highest BCUT2D eigenvalue weighted by atomic mass is 32.1. The normalized spacial score (nSPS) is 16.0. The summed E-state index contributed by atoms with van der Waals surface area (Å²) in [4.78, 5) is 2.42. The lowest BCUT2D eigenvalue weighted by Crippen LogP contribution is -2.21. The predicted octanol–water partition coefficient (Wildman–Crippen LogP) is 4.54. The molecule has 0 fully saturated rings. The van der Waals surface area contributed by atoms with Gasteiger partial charge in [0.25, 0.3) is 0 Å². The zero-order valence-corrected chi connectivity index (χ0v) is 16.3. The Morgan fingerprint density at radius 2 is 2.04 bits per heavy atom. The summed E-state index contributed by atoms with van der Waals surface area (Å²) in [6, 6.07) is 12.7. The number of aromatic amines is 1. The van der Waals surface area contributed by atoms with Crippen LogP contribution in [0.25, 0.3) is 11.3 Å². The molecule has 1 aliphatic heterocycles. The standard InChI is InChI=1S/C21H20N4OS/c1-4-13-5-7-14(8-6-13)17-16(10-22)20(23)26-21-18(17)19(24-25-21)15-9-11(2)27-12(15)3/h5-9,17H,4,23H2,1-3H3,(H,24,25)/t17-/m0/s1. The maximum atomic E-state index is 9.78. The molecular weight excluding hydrogens is 356 g/mol. The number of aryl methyl sites for hydroxylation is 3. The maximum absolute atomic E-state index is 9.78. The van der Waals surface area contributed by atoms with E-state index in [1.165, 1.54) is 15.3 Å². The summed E-state index contributed by atoms with van der Waals surface area (Å²) in [5, 5.41) is 17.2. The predicted molar refractivity (Wildman–Crippen MR) is 106 cm³/mol. The summed E-state index contributed by atoms with van der Waals surface area (Å²) in [5.74, 6) is 0.248. The van der Waals surface area contributed by atoms with E-state index in [0.717, 1.165) is 28.8 Å². The quantitative estimate of drug-likeness (QED) is 0.703. The molecule has 0 radical (unpaired) electrons. The highest BCUT2D eigenvalue weighted by molar-refractivity contribution is 7.12. The first-order valence-corrected chi connectivity index (χ1v) is 9.67. The van der Waals surface area contributed by atoms with Crippen LogP contribution in [0.4, 0.5) is 0 Å². The lowest BCUT2D eigenvalue weighted by atomic mass is 9.82. The fraction of sp³-hybridized carbons (Fsp3) is 0.238. The molecule has 5 nitrogen and oxygen atoms in total. The number of hydrogen-bond acceptors (Lipinski definition) is 5. The van der Waals surface area contributed by atoms with Crippen LogP contribution in [-0.2, 0) is 6.42 Å². The number of nitrogens with zero attached hydrogens (tertiary/aromatic N) is 2. The van der Waals surface area contributed by atoms with E-state index in [0.29, 0.717) is 11.5 Å². The van der Waals surface area contributed by atoms with Gasteiger partial charge in [0.2, 0.25) is 11.8 Å². The van der Waals surface area contributed by atoms with Crippen LogP contribution < -0.4 is 10.5 Å². The van der Waals surface area contributed by atoms with Crippen molar-refractivity contribution in [2.24, 2.45) is 5.73 Å². The van der Waals surface area contributed by atoms with Crippen molar-refractivity contribution in [2.45, 2.75) is 33.1 Å². The molecule has 0 unspecified atom stereocenters. The van der Waals surface area contributed by atoms with Gasteiger partial charge in [0.1, 0.15) is 11.6 Å². The van der Waals surface area contributed by atoms with E-state index in [2.05, 4.69) is 67.4 Å². The van der Waals surface area contributed by atoms with E-state index in [9.17, 15) is 5.26 Å². The smallest absolute Gasteiger partial charge is 0.244 e. The largest absolute Gasteiger partial charge is 0.420 e. The molecule has 0 amide bonds. The van der Waals surface area contributed by atoms with Gasteiger partial charge in [0.05, 0.1) is 17.2 Å². The van der Waals surface area contributed by atoms with Gasteiger partial charge in [-0.25, -0.2) is 0 Å². The summed E-state index contributed by atoms with van der Waals surface area (Å²) in [7, 11) is 0. The molecule has 0 bridgehead atoms. The van der Waals surface area contributed by atoms with Gasteiger partial charge in [-0.05, 0) is 37.5 Å². The van der Waals surface area contributed by atoms with Gasteiger partial charge < -0.3 is 10.5 Å². The van der Waals surface area contributed by atoms with Crippen molar-refractivity contribution in [3.05, 3.63) is 68.2 Å². The van der Waals surface area contributed by atoms with Crippen molar-refractivity contribution < 1.29 is 4.74 Å². The van der Waals surface area contributed by atoms with Crippen LogP contribution in [0.1, 0.15) is 39.3 Å². The molecule has 0 saturated heterocycles. The fourth-order valence-electron chi connectivity index (χ4n) is 3.61. The second kappa shape index (κ2) is 6.60. The van der Waals surface area contributed by atoms with E-state index in [1.807, 2.05) is 0 Å². The van der Waals surface area contributed by atoms with Crippen LogP contribution in [0.3, 0.4) is 0 Å². The first kappa shape index (κ1) is 17.4. The molecule has 3 heterocycles. The van der Waals surface area contributed by atoms with E-state index >= 15 is 0 Å². The third-order valence-electron chi connectivity index (χ3n) is 4.97. The Balaban J connectivity index is 1.93. The minimum Gasteiger partial charge on any atom is -0.420 e. The van der Waals surface area contributed by atoms with Crippen molar-refractivity contribution in [2.75, 3.05) is 0 Å². The number of aromatic nitrogens is 2. The molecular formula is C21H20N4OS. The Bertz CT molecular complexity index is 1080.